The fourth-order valence-electron chi connectivity index (χ4n) is 2.42. The van der Waals surface area contributed by atoms with Gasteiger partial charge in [0, 0.05) is 22.9 Å². The van der Waals surface area contributed by atoms with Crippen LogP contribution in [0.1, 0.15) is 24.2 Å². The predicted molar refractivity (Wildman–Crippen MR) is 79.3 cm³/mol. The summed E-state index contributed by atoms with van der Waals surface area (Å²) in [6.07, 6.45) is -0.741. The minimum atomic E-state index is -3.28. The molecule has 1 saturated heterocycles. The quantitative estimate of drug-likeness (QED) is 0.586. The van der Waals surface area contributed by atoms with Crippen molar-refractivity contribution in [1.29, 1.82) is 0 Å². The molecule has 2 aliphatic heterocycles. The Bertz CT molecular complexity index is 872. The average Bonchev–Trinajstić information content (AvgIpc) is 2.62. The Balaban J connectivity index is 1.70. The largest absolute Gasteiger partial charge is 0.511 e. The van der Waals surface area contributed by atoms with Gasteiger partial charge in [0.25, 0.3) is 5.91 Å². The molecule has 0 aromatic carbocycles. The van der Waals surface area contributed by atoms with Crippen LogP contribution in [-0.2, 0) is 14.2 Å². The lowest BCUT2D eigenvalue weighted by Gasteiger charge is -2.41. The van der Waals surface area contributed by atoms with Crippen molar-refractivity contribution in [3.05, 3.63) is 28.2 Å². The Morgan fingerprint density at radius 1 is 1.54 bits per heavy atom. The molecule has 0 aliphatic carbocycles. The second-order valence-corrected chi connectivity index (χ2v) is 4.81. The summed E-state index contributed by atoms with van der Waals surface area (Å²) in [4.78, 5) is 37.9. The number of hydrogen-bond acceptors (Lipinski definition) is 8. The highest BCUT2D eigenvalue weighted by molar-refractivity contribution is 5.96. The summed E-state index contributed by atoms with van der Waals surface area (Å²) >= 11 is 0. The minimum Gasteiger partial charge on any atom is -0.451 e. The Morgan fingerprint density at radius 2 is 2.42 bits per heavy atom. The van der Waals surface area contributed by atoms with Crippen LogP contribution in [0, 0.1) is 0 Å². The molecule has 1 fully saturated rings. The van der Waals surface area contributed by atoms with Gasteiger partial charge in [0.1, 0.15) is 6.17 Å². The summed E-state index contributed by atoms with van der Waals surface area (Å²) < 4.78 is 55.6. The molecule has 1 atom stereocenters. The van der Waals surface area contributed by atoms with Crippen molar-refractivity contribution in [3.8, 4) is 5.75 Å². The van der Waals surface area contributed by atoms with E-state index in [-0.39, 0.29) is 12.3 Å². The van der Waals surface area contributed by atoms with Gasteiger partial charge in [0.05, 0.1) is 22.5 Å². The molecule has 10 nitrogen and oxygen atoms in total. The number of nitrogens with one attached hydrogen (secondary N) is 1. The molecule has 1 amide bonds. The van der Waals surface area contributed by atoms with Crippen molar-refractivity contribution < 1.29 is 35.4 Å². The maximum absolute atomic E-state index is 12.8. The van der Waals surface area contributed by atoms with Gasteiger partial charge in [-0.15, -0.1) is 0 Å². The fraction of sp³-hybridized carbons (Fsp3) is 0.500. The normalized spacial score (nSPS) is 23.2. The van der Waals surface area contributed by atoms with E-state index in [2.05, 4.69) is 14.9 Å². The van der Waals surface area contributed by atoms with Crippen molar-refractivity contribution in [3.63, 3.8) is 0 Å². The zero-order valence-corrected chi connectivity index (χ0v) is 12.3. The first-order valence-electron chi connectivity index (χ1n) is 9.41. The summed E-state index contributed by atoms with van der Waals surface area (Å²) in [5, 5.41) is 0. The maximum Gasteiger partial charge on any atom is 0.511 e. The van der Waals surface area contributed by atoms with Gasteiger partial charge in [-0.25, -0.2) is 4.79 Å². The molecule has 130 valence electrons. The molecular weight excluding hydrogens is 322 g/mol. The maximum atomic E-state index is 12.8. The van der Waals surface area contributed by atoms with Gasteiger partial charge in [0.2, 0.25) is 18.0 Å². The van der Waals surface area contributed by atoms with Crippen LogP contribution in [0.4, 0.5) is 4.79 Å². The Kier molecular flexibility index (Phi) is 3.09. The molecule has 0 bridgehead atoms. The van der Waals surface area contributed by atoms with Crippen LogP contribution in [0.3, 0.4) is 0 Å². The highest BCUT2D eigenvalue weighted by atomic mass is 16.8. The van der Waals surface area contributed by atoms with E-state index in [1.54, 1.807) is 0 Å². The van der Waals surface area contributed by atoms with Crippen molar-refractivity contribution in [2.45, 2.75) is 13.0 Å². The van der Waals surface area contributed by atoms with Gasteiger partial charge in [0.15, 0.2) is 5.69 Å². The molecule has 1 aromatic heterocycles. The van der Waals surface area contributed by atoms with Crippen LogP contribution in [-0.4, -0.2) is 60.9 Å². The van der Waals surface area contributed by atoms with Crippen molar-refractivity contribution >= 4 is 12.1 Å². The third-order valence-corrected chi connectivity index (χ3v) is 3.45. The third-order valence-electron chi connectivity index (χ3n) is 3.45. The summed E-state index contributed by atoms with van der Waals surface area (Å²) in [7, 11) is 0. The number of amides is 1. The molecule has 0 saturated carbocycles. The molecule has 2 aliphatic rings. The van der Waals surface area contributed by atoms with Gasteiger partial charge < -0.3 is 29.3 Å². The molecule has 1 aromatic rings. The second kappa shape index (κ2) is 6.79. The van der Waals surface area contributed by atoms with Crippen LogP contribution in [0.25, 0.3) is 0 Å². The van der Waals surface area contributed by atoms with E-state index in [1.165, 1.54) is 15.8 Å². The number of ether oxygens (including phenoxy) is 4. The van der Waals surface area contributed by atoms with Gasteiger partial charge in [-0.2, -0.15) is 0 Å². The first-order chi connectivity index (χ1) is 13.5. The predicted octanol–water partition coefficient (Wildman–Crippen LogP) is -0.287. The van der Waals surface area contributed by atoms with E-state index in [9.17, 15) is 14.4 Å². The molecule has 0 spiro atoms. The molecule has 0 radical (unpaired) electrons. The fourth-order valence-corrected chi connectivity index (χ4v) is 2.42. The first-order valence-corrected chi connectivity index (χ1v) is 6.91. The SMILES string of the molecule is [2H]C([2H])([2H])C([2H])([2H])OC(=O)OCOc1c2n(ccc1=O)NC1COCCN1C2=O. The van der Waals surface area contributed by atoms with E-state index >= 15 is 0 Å². The lowest BCUT2D eigenvalue weighted by Crippen LogP contribution is -2.59. The molecule has 10 heteroatoms. The molecule has 3 heterocycles. The van der Waals surface area contributed by atoms with Crippen molar-refractivity contribution in [2.75, 3.05) is 38.5 Å². The zero-order valence-electron chi connectivity index (χ0n) is 17.3. The minimum absolute atomic E-state index is 0.120. The Labute approximate surface area is 143 Å². The van der Waals surface area contributed by atoms with E-state index in [0.29, 0.717) is 13.2 Å². The molecular formula is C14H17N3O7. The zero-order chi connectivity index (χ0) is 21.4. The monoisotopic (exact) mass is 344 g/mol. The Hall–Kier alpha value is -2.75. The smallest absolute Gasteiger partial charge is 0.451 e. The molecule has 1 N–H and O–H groups in total. The lowest BCUT2D eigenvalue weighted by molar-refractivity contribution is -0.00581. The van der Waals surface area contributed by atoms with Gasteiger partial charge >= 0.3 is 6.16 Å². The van der Waals surface area contributed by atoms with Gasteiger partial charge in [-0.3, -0.25) is 14.3 Å². The summed E-state index contributed by atoms with van der Waals surface area (Å²) in [6, 6.07) is 1.13. The number of pyridine rings is 1. The molecule has 3 rings (SSSR count). The van der Waals surface area contributed by atoms with E-state index in [1.807, 2.05) is 0 Å². The van der Waals surface area contributed by atoms with Crippen LogP contribution in [0.2, 0.25) is 0 Å². The topological polar surface area (TPSA) is 108 Å². The highest BCUT2D eigenvalue weighted by Gasteiger charge is 2.36. The Morgan fingerprint density at radius 3 is 3.25 bits per heavy atom. The van der Waals surface area contributed by atoms with Crippen LogP contribution in [0.15, 0.2) is 17.1 Å². The van der Waals surface area contributed by atoms with E-state index in [0.717, 1.165) is 6.07 Å². The third kappa shape index (κ3) is 3.00. The molecule has 24 heavy (non-hydrogen) atoms. The van der Waals surface area contributed by atoms with Crippen LogP contribution < -0.4 is 15.6 Å². The number of morpholine rings is 1. The van der Waals surface area contributed by atoms with Crippen LogP contribution >= 0.6 is 0 Å². The lowest BCUT2D eigenvalue weighted by atomic mass is 10.2. The number of hydrogen-bond donors (Lipinski definition) is 1. The average molecular weight is 344 g/mol. The summed E-state index contributed by atoms with van der Waals surface area (Å²) in [6.45, 7) is -6.53. The number of carbonyl (C=O) groups excluding carboxylic acids is 2. The highest BCUT2D eigenvalue weighted by Crippen LogP contribution is 2.22. The van der Waals surface area contributed by atoms with Gasteiger partial charge in [-0.1, -0.05) is 0 Å². The summed E-state index contributed by atoms with van der Waals surface area (Å²) in [5.74, 6) is -0.896. The summed E-state index contributed by atoms with van der Waals surface area (Å²) in [5.41, 5.74) is 2.20. The van der Waals surface area contributed by atoms with Crippen molar-refractivity contribution in [1.82, 2.24) is 9.58 Å². The van der Waals surface area contributed by atoms with Crippen molar-refractivity contribution in [2.24, 2.45) is 0 Å². The van der Waals surface area contributed by atoms with E-state index in [4.69, 9.17) is 16.3 Å². The standard InChI is InChI=1S/C14H17N3O7/c1-2-22-14(20)24-8-23-12-9(18)3-4-17-11(12)13(19)16-5-6-21-7-10(16)15-17/h3-4,10,15H,2,5-8H2,1H3/i1D3,2D2. The number of nitrogens with zero attached hydrogens (tertiary/aromatic N) is 2. The number of rotatable bonds is 4. The van der Waals surface area contributed by atoms with Gasteiger partial charge in [-0.05, 0) is 6.85 Å². The molecule has 1 unspecified atom stereocenters. The second-order valence-electron chi connectivity index (χ2n) is 4.81. The van der Waals surface area contributed by atoms with Crippen LogP contribution in [0.5, 0.6) is 5.75 Å². The number of aromatic nitrogens is 1. The van der Waals surface area contributed by atoms with E-state index < -0.39 is 49.6 Å². The number of fused-ring (bicyclic) bond motifs is 2. The first kappa shape index (κ1) is 10.9. The number of carbonyl (C=O) groups is 2.